The Kier molecular flexibility index (Phi) is 3.50. The van der Waals surface area contributed by atoms with E-state index in [2.05, 4.69) is 20.8 Å². The predicted octanol–water partition coefficient (Wildman–Crippen LogP) is 0.579. The van der Waals surface area contributed by atoms with Gasteiger partial charge in [-0.25, -0.2) is 4.79 Å². The Morgan fingerprint density at radius 2 is 2.22 bits per heavy atom. The van der Waals surface area contributed by atoms with E-state index < -0.39 is 0 Å². The van der Waals surface area contributed by atoms with Crippen LogP contribution in [-0.4, -0.2) is 52.7 Å². The average molecular weight is 317 g/mol. The van der Waals surface area contributed by atoms with Crippen molar-refractivity contribution in [3.63, 3.8) is 0 Å². The van der Waals surface area contributed by atoms with Crippen molar-refractivity contribution in [2.75, 3.05) is 19.6 Å². The topological polar surface area (TPSA) is 90.1 Å². The smallest absolute Gasteiger partial charge is 0.317 e. The molecule has 3 heterocycles. The Balaban J connectivity index is 1.30. The zero-order valence-corrected chi connectivity index (χ0v) is 13.2. The normalized spacial score (nSPS) is 26.0. The van der Waals surface area contributed by atoms with E-state index in [1.54, 1.807) is 0 Å². The summed E-state index contributed by atoms with van der Waals surface area (Å²) in [6.45, 7) is 2.25. The molecule has 3 N–H and O–H groups in total. The first-order chi connectivity index (χ1) is 11.1. The predicted molar refractivity (Wildman–Crippen MR) is 83.8 cm³/mol. The molecule has 7 heteroatoms. The van der Waals surface area contributed by atoms with Gasteiger partial charge in [-0.3, -0.25) is 9.89 Å². The van der Waals surface area contributed by atoms with Crippen molar-refractivity contribution in [2.45, 2.75) is 44.6 Å². The molecule has 1 aromatic heterocycles. The molecule has 23 heavy (non-hydrogen) atoms. The van der Waals surface area contributed by atoms with Gasteiger partial charge >= 0.3 is 6.03 Å². The molecule has 1 spiro atoms. The van der Waals surface area contributed by atoms with Crippen LogP contribution < -0.4 is 10.6 Å². The molecule has 7 nitrogen and oxygen atoms in total. The van der Waals surface area contributed by atoms with E-state index >= 15 is 0 Å². The molecule has 1 atom stereocenters. The number of piperidine rings is 1. The molecule has 124 valence electrons. The fourth-order valence-corrected chi connectivity index (χ4v) is 4.09. The summed E-state index contributed by atoms with van der Waals surface area (Å²) in [6.07, 6.45) is 7.06. The van der Waals surface area contributed by atoms with Crippen LogP contribution in [0.5, 0.6) is 0 Å². The number of amides is 3. The molecule has 0 radical (unpaired) electrons. The van der Waals surface area contributed by atoms with Gasteiger partial charge in [-0.05, 0) is 43.1 Å². The molecule has 1 unspecified atom stereocenters. The van der Waals surface area contributed by atoms with Gasteiger partial charge in [0.2, 0.25) is 5.91 Å². The summed E-state index contributed by atoms with van der Waals surface area (Å²) in [5.41, 5.74) is 2.51. The van der Waals surface area contributed by atoms with Gasteiger partial charge in [0.1, 0.15) is 0 Å². The van der Waals surface area contributed by atoms with Crippen molar-refractivity contribution < 1.29 is 9.59 Å². The van der Waals surface area contributed by atoms with Crippen LogP contribution in [0.3, 0.4) is 0 Å². The summed E-state index contributed by atoms with van der Waals surface area (Å²) >= 11 is 0. The maximum Gasteiger partial charge on any atom is 0.317 e. The van der Waals surface area contributed by atoms with Crippen LogP contribution in [0.2, 0.25) is 0 Å². The van der Waals surface area contributed by atoms with Gasteiger partial charge in [0.25, 0.3) is 0 Å². The van der Waals surface area contributed by atoms with Gasteiger partial charge in [0, 0.05) is 37.8 Å². The molecule has 2 aliphatic heterocycles. The standard InChI is InChI=1S/C16H23N5O2/c22-14-8-16(10-17-14)3-5-21(6-4-16)15(23)19-12-1-2-13-11(7-12)9-18-20-13/h9,12H,1-8,10H2,(H,17,22)(H,18,20)(H,19,23). The van der Waals surface area contributed by atoms with E-state index in [-0.39, 0.29) is 23.4 Å². The zero-order chi connectivity index (χ0) is 15.9. The number of hydrogen-bond donors (Lipinski definition) is 3. The number of nitrogens with one attached hydrogen (secondary N) is 3. The number of aryl methyl sites for hydroxylation is 1. The summed E-state index contributed by atoms with van der Waals surface area (Å²) in [5, 5.41) is 13.2. The van der Waals surface area contributed by atoms with Gasteiger partial charge in [-0.2, -0.15) is 5.10 Å². The number of fused-ring (bicyclic) bond motifs is 1. The van der Waals surface area contributed by atoms with Crippen LogP contribution in [0.4, 0.5) is 4.79 Å². The summed E-state index contributed by atoms with van der Waals surface area (Å²) in [4.78, 5) is 25.9. The third-order valence-electron chi connectivity index (χ3n) is 5.65. The second-order valence-electron chi connectivity index (χ2n) is 7.20. The number of carbonyl (C=O) groups excluding carboxylic acids is 2. The van der Waals surface area contributed by atoms with Crippen LogP contribution in [0, 0.1) is 5.41 Å². The molecule has 0 bridgehead atoms. The number of urea groups is 1. The molecule has 4 rings (SSSR count). The Morgan fingerprint density at radius 3 is 2.96 bits per heavy atom. The highest BCUT2D eigenvalue weighted by Crippen LogP contribution is 2.37. The van der Waals surface area contributed by atoms with Crippen molar-refractivity contribution in [3.05, 3.63) is 17.5 Å². The molecule has 2 saturated heterocycles. The lowest BCUT2D eigenvalue weighted by atomic mass is 9.78. The van der Waals surface area contributed by atoms with Gasteiger partial charge < -0.3 is 15.5 Å². The lowest BCUT2D eigenvalue weighted by molar-refractivity contribution is -0.119. The summed E-state index contributed by atoms with van der Waals surface area (Å²) in [7, 11) is 0. The van der Waals surface area contributed by atoms with E-state index in [9.17, 15) is 9.59 Å². The molecular formula is C16H23N5O2. The molecule has 2 fully saturated rings. The van der Waals surface area contributed by atoms with Crippen LogP contribution in [0.15, 0.2) is 6.20 Å². The van der Waals surface area contributed by atoms with Gasteiger partial charge in [0.15, 0.2) is 0 Å². The van der Waals surface area contributed by atoms with E-state index in [0.717, 1.165) is 51.7 Å². The number of hydrogen-bond acceptors (Lipinski definition) is 3. The van der Waals surface area contributed by atoms with E-state index in [1.807, 2.05) is 11.1 Å². The minimum absolute atomic E-state index is 0.0362. The highest BCUT2D eigenvalue weighted by Gasteiger charge is 2.41. The summed E-state index contributed by atoms with van der Waals surface area (Å²) < 4.78 is 0. The van der Waals surface area contributed by atoms with Gasteiger partial charge in [-0.1, -0.05) is 0 Å². The number of H-pyrrole nitrogens is 1. The number of rotatable bonds is 1. The lowest BCUT2D eigenvalue weighted by Gasteiger charge is -2.38. The lowest BCUT2D eigenvalue weighted by Crippen LogP contribution is -2.51. The number of carbonyl (C=O) groups is 2. The van der Waals surface area contributed by atoms with Crippen molar-refractivity contribution in [1.29, 1.82) is 0 Å². The number of aromatic nitrogens is 2. The third-order valence-corrected chi connectivity index (χ3v) is 5.65. The third kappa shape index (κ3) is 2.80. The number of aromatic amines is 1. The van der Waals surface area contributed by atoms with Crippen LogP contribution >= 0.6 is 0 Å². The van der Waals surface area contributed by atoms with Crippen LogP contribution in [0.1, 0.15) is 36.9 Å². The average Bonchev–Trinajstić information content (AvgIpc) is 3.14. The van der Waals surface area contributed by atoms with Crippen molar-refractivity contribution >= 4 is 11.9 Å². The number of nitrogens with zero attached hydrogens (tertiary/aromatic N) is 2. The molecule has 1 aromatic rings. The maximum atomic E-state index is 12.5. The Hall–Kier alpha value is -2.05. The van der Waals surface area contributed by atoms with Crippen LogP contribution in [0.25, 0.3) is 0 Å². The second kappa shape index (κ2) is 5.54. The van der Waals surface area contributed by atoms with Crippen molar-refractivity contribution in [3.8, 4) is 0 Å². The van der Waals surface area contributed by atoms with Crippen molar-refractivity contribution in [2.24, 2.45) is 5.41 Å². The largest absolute Gasteiger partial charge is 0.356 e. The Bertz CT molecular complexity index is 618. The maximum absolute atomic E-state index is 12.5. The molecule has 3 amide bonds. The monoisotopic (exact) mass is 317 g/mol. The van der Waals surface area contributed by atoms with Crippen LogP contribution in [-0.2, 0) is 17.6 Å². The fourth-order valence-electron chi connectivity index (χ4n) is 4.09. The molecular weight excluding hydrogens is 294 g/mol. The minimum Gasteiger partial charge on any atom is -0.356 e. The van der Waals surface area contributed by atoms with Gasteiger partial charge in [-0.15, -0.1) is 0 Å². The van der Waals surface area contributed by atoms with E-state index in [0.29, 0.717) is 6.42 Å². The Morgan fingerprint density at radius 1 is 1.39 bits per heavy atom. The van der Waals surface area contributed by atoms with E-state index in [4.69, 9.17) is 0 Å². The second-order valence-corrected chi connectivity index (χ2v) is 7.20. The quantitative estimate of drug-likeness (QED) is 0.708. The fraction of sp³-hybridized carbons (Fsp3) is 0.688. The van der Waals surface area contributed by atoms with Gasteiger partial charge in [0.05, 0.1) is 6.20 Å². The first-order valence-electron chi connectivity index (χ1n) is 8.47. The SMILES string of the molecule is O=C1CC2(CCN(C(=O)NC3CCc4[nH]ncc4C3)CC2)CN1. The van der Waals surface area contributed by atoms with E-state index in [1.165, 1.54) is 11.3 Å². The molecule has 1 aliphatic carbocycles. The first-order valence-corrected chi connectivity index (χ1v) is 8.47. The molecule has 3 aliphatic rings. The first kappa shape index (κ1) is 14.5. The highest BCUT2D eigenvalue weighted by molar-refractivity contribution is 5.79. The number of likely N-dealkylation sites (tertiary alicyclic amines) is 1. The Labute approximate surface area is 135 Å². The minimum atomic E-state index is 0.0362. The summed E-state index contributed by atoms with van der Waals surface area (Å²) in [5.74, 6) is 0.154. The summed E-state index contributed by atoms with van der Waals surface area (Å²) in [6, 6.07) is 0.229. The molecule has 0 aromatic carbocycles. The highest BCUT2D eigenvalue weighted by atomic mass is 16.2. The molecule has 0 saturated carbocycles. The zero-order valence-electron chi connectivity index (χ0n) is 13.2. The van der Waals surface area contributed by atoms with Crippen molar-refractivity contribution in [1.82, 2.24) is 25.7 Å².